The van der Waals surface area contributed by atoms with Gasteiger partial charge in [0.15, 0.2) is 0 Å². The third-order valence-corrected chi connectivity index (χ3v) is 2.90. The van der Waals surface area contributed by atoms with Crippen LogP contribution in [0.2, 0.25) is 0 Å². The van der Waals surface area contributed by atoms with Gasteiger partial charge in [-0.05, 0) is 36.2 Å². The molecule has 0 aromatic carbocycles. The van der Waals surface area contributed by atoms with Gasteiger partial charge in [-0.15, -0.1) is 11.6 Å². The van der Waals surface area contributed by atoms with Crippen molar-refractivity contribution in [2.24, 2.45) is 0 Å². The van der Waals surface area contributed by atoms with E-state index in [9.17, 15) is 0 Å². The van der Waals surface area contributed by atoms with Gasteiger partial charge >= 0.3 is 0 Å². The lowest BCUT2D eigenvalue weighted by Crippen LogP contribution is -2.33. The van der Waals surface area contributed by atoms with Crippen LogP contribution in [0.5, 0.6) is 0 Å². The molecule has 0 bridgehead atoms. The van der Waals surface area contributed by atoms with E-state index in [1.165, 1.54) is 0 Å². The Morgan fingerprint density at radius 2 is 2.27 bits per heavy atom. The van der Waals surface area contributed by atoms with Crippen molar-refractivity contribution in [3.63, 3.8) is 0 Å². The van der Waals surface area contributed by atoms with Crippen molar-refractivity contribution in [1.29, 1.82) is 0 Å². The molecular weight excluding hydrogens is 277 g/mol. The quantitative estimate of drug-likeness (QED) is 0.781. The number of halogens is 2. The van der Waals surface area contributed by atoms with Crippen molar-refractivity contribution < 1.29 is 0 Å². The van der Waals surface area contributed by atoms with E-state index < -0.39 is 0 Å². The molecule has 0 N–H and O–H groups in total. The van der Waals surface area contributed by atoms with Crippen molar-refractivity contribution in [1.82, 2.24) is 9.97 Å². The predicted octanol–water partition coefficient (Wildman–Crippen LogP) is 3.08. The van der Waals surface area contributed by atoms with Crippen LogP contribution in [0.1, 0.15) is 20.3 Å². The highest BCUT2D eigenvalue weighted by Gasteiger charge is 2.14. The van der Waals surface area contributed by atoms with Gasteiger partial charge in [-0.3, -0.25) is 0 Å². The van der Waals surface area contributed by atoms with Crippen molar-refractivity contribution in [2.45, 2.75) is 26.3 Å². The maximum absolute atomic E-state index is 5.71. The highest BCUT2D eigenvalue weighted by Crippen LogP contribution is 2.23. The molecule has 0 saturated heterocycles. The van der Waals surface area contributed by atoms with Gasteiger partial charge in [-0.2, -0.15) is 0 Å². The first-order chi connectivity index (χ1) is 7.16. The van der Waals surface area contributed by atoms with E-state index in [4.69, 9.17) is 11.6 Å². The van der Waals surface area contributed by atoms with E-state index in [1.807, 2.05) is 0 Å². The van der Waals surface area contributed by atoms with Gasteiger partial charge in [0.2, 0.25) is 0 Å². The second-order valence-corrected chi connectivity index (χ2v) is 4.76. The summed E-state index contributed by atoms with van der Waals surface area (Å²) in [6, 6.07) is 0.402. The average molecular weight is 293 g/mol. The van der Waals surface area contributed by atoms with Crippen LogP contribution in [-0.2, 0) is 0 Å². The summed E-state index contributed by atoms with van der Waals surface area (Å²) in [5.74, 6) is 1.61. The van der Waals surface area contributed by atoms with Gasteiger partial charge in [0.05, 0.1) is 4.47 Å². The zero-order valence-electron chi connectivity index (χ0n) is 8.95. The lowest BCUT2D eigenvalue weighted by atomic mass is 10.3. The number of alkyl halides is 1. The summed E-state index contributed by atoms with van der Waals surface area (Å²) in [7, 11) is 0. The molecule has 0 saturated carbocycles. The molecule has 0 aliphatic carbocycles. The highest BCUT2D eigenvalue weighted by molar-refractivity contribution is 9.10. The Labute approximate surface area is 104 Å². The highest BCUT2D eigenvalue weighted by atomic mass is 79.9. The molecule has 0 spiro atoms. The molecule has 1 rings (SSSR count). The Kier molecular flexibility index (Phi) is 5.32. The Hall–Kier alpha value is -0.350. The van der Waals surface area contributed by atoms with Crippen LogP contribution < -0.4 is 4.90 Å². The summed E-state index contributed by atoms with van der Waals surface area (Å²) in [5.41, 5.74) is 0. The zero-order valence-corrected chi connectivity index (χ0v) is 11.3. The zero-order chi connectivity index (χ0) is 11.3. The second kappa shape index (κ2) is 6.28. The van der Waals surface area contributed by atoms with Crippen molar-refractivity contribution >= 4 is 33.3 Å². The summed E-state index contributed by atoms with van der Waals surface area (Å²) < 4.78 is 0.924. The van der Waals surface area contributed by atoms with E-state index in [2.05, 4.69) is 44.6 Å². The van der Waals surface area contributed by atoms with Crippen molar-refractivity contribution in [3.8, 4) is 0 Å². The third kappa shape index (κ3) is 3.61. The summed E-state index contributed by atoms with van der Waals surface area (Å²) in [6.45, 7) is 5.20. The minimum atomic E-state index is 0.402. The van der Waals surface area contributed by atoms with Crippen LogP contribution in [0, 0.1) is 0 Å². The standard InChI is InChI=1S/C10H15BrClN3/c1-8(2)15(5-3-4-12)10-9(11)6-13-7-14-10/h6-8H,3-5H2,1-2H3. The molecule has 0 atom stereocenters. The van der Waals surface area contributed by atoms with E-state index >= 15 is 0 Å². The monoisotopic (exact) mass is 291 g/mol. The largest absolute Gasteiger partial charge is 0.353 e. The normalized spacial score (nSPS) is 10.7. The molecule has 0 aliphatic heterocycles. The first kappa shape index (κ1) is 12.7. The van der Waals surface area contributed by atoms with Gasteiger partial charge in [0.1, 0.15) is 12.1 Å². The number of nitrogens with zero attached hydrogens (tertiary/aromatic N) is 3. The molecule has 15 heavy (non-hydrogen) atoms. The number of anilines is 1. The number of hydrogen-bond acceptors (Lipinski definition) is 3. The molecule has 5 heteroatoms. The molecule has 3 nitrogen and oxygen atoms in total. The lowest BCUT2D eigenvalue weighted by Gasteiger charge is -2.28. The van der Waals surface area contributed by atoms with Crippen LogP contribution in [-0.4, -0.2) is 28.4 Å². The molecule has 0 radical (unpaired) electrons. The lowest BCUT2D eigenvalue weighted by molar-refractivity contribution is 0.661. The number of rotatable bonds is 5. The van der Waals surface area contributed by atoms with Crippen LogP contribution in [0.3, 0.4) is 0 Å². The molecule has 1 heterocycles. The summed E-state index contributed by atoms with van der Waals surface area (Å²) in [6.07, 6.45) is 4.28. The number of aromatic nitrogens is 2. The van der Waals surface area contributed by atoms with Crippen LogP contribution in [0.25, 0.3) is 0 Å². The molecule has 0 unspecified atom stereocenters. The molecule has 1 aromatic heterocycles. The van der Waals surface area contributed by atoms with Crippen molar-refractivity contribution in [2.75, 3.05) is 17.3 Å². The first-order valence-corrected chi connectivity index (χ1v) is 6.27. The minimum absolute atomic E-state index is 0.402. The Bertz CT molecular complexity index is 306. The fourth-order valence-electron chi connectivity index (χ4n) is 1.36. The molecular formula is C10H15BrClN3. The maximum atomic E-state index is 5.71. The van der Waals surface area contributed by atoms with Crippen molar-refractivity contribution in [3.05, 3.63) is 17.0 Å². The Balaban J connectivity index is 2.84. The van der Waals surface area contributed by atoms with Crippen LogP contribution >= 0.6 is 27.5 Å². The molecule has 0 fully saturated rings. The molecule has 0 amide bonds. The van der Waals surface area contributed by atoms with Crippen LogP contribution in [0.4, 0.5) is 5.82 Å². The summed E-state index contributed by atoms with van der Waals surface area (Å²) in [4.78, 5) is 10.5. The summed E-state index contributed by atoms with van der Waals surface area (Å²) >= 11 is 9.16. The van der Waals surface area contributed by atoms with E-state index in [-0.39, 0.29) is 0 Å². The fraction of sp³-hybridized carbons (Fsp3) is 0.600. The SMILES string of the molecule is CC(C)N(CCCCl)c1ncncc1Br. The summed E-state index contributed by atoms with van der Waals surface area (Å²) in [5, 5.41) is 0. The number of hydrogen-bond donors (Lipinski definition) is 0. The smallest absolute Gasteiger partial charge is 0.146 e. The predicted molar refractivity (Wildman–Crippen MR) is 67.6 cm³/mol. The van der Waals surface area contributed by atoms with E-state index in [0.717, 1.165) is 23.3 Å². The Morgan fingerprint density at radius 1 is 1.53 bits per heavy atom. The molecule has 0 aliphatic rings. The minimum Gasteiger partial charge on any atom is -0.353 e. The molecule has 84 valence electrons. The fourth-order valence-corrected chi connectivity index (χ4v) is 1.92. The topological polar surface area (TPSA) is 29.0 Å². The van der Waals surface area contributed by atoms with Gasteiger partial charge in [-0.25, -0.2) is 9.97 Å². The first-order valence-electron chi connectivity index (χ1n) is 4.95. The van der Waals surface area contributed by atoms with Gasteiger partial charge in [0, 0.05) is 24.7 Å². The Morgan fingerprint density at radius 3 is 2.80 bits per heavy atom. The third-order valence-electron chi connectivity index (χ3n) is 2.08. The van der Waals surface area contributed by atoms with Gasteiger partial charge in [0.25, 0.3) is 0 Å². The molecule has 1 aromatic rings. The van der Waals surface area contributed by atoms with E-state index in [0.29, 0.717) is 11.9 Å². The van der Waals surface area contributed by atoms with E-state index in [1.54, 1.807) is 12.5 Å². The van der Waals surface area contributed by atoms with Crippen LogP contribution in [0.15, 0.2) is 17.0 Å². The van der Waals surface area contributed by atoms with Gasteiger partial charge < -0.3 is 4.90 Å². The van der Waals surface area contributed by atoms with Gasteiger partial charge in [-0.1, -0.05) is 0 Å². The maximum Gasteiger partial charge on any atom is 0.146 e. The second-order valence-electron chi connectivity index (χ2n) is 3.52. The average Bonchev–Trinajstić information content (AvgIpc) is 2.20.